The molecule has 0 radical (unpaired) electrons. The fourth-order valence-corrected chi connectivity index (χ4v) is 4.61. The van der Waals surface area contributed by atoms with Crippen LogP contribution < -0.4 is 5.32 Å². The number of amides is 1. The molecule has 10 heteroatoms. The zero-order valence-electron chi connectivity index (χ0n) is 16.3. The first-order valence-corrected chi connectivity index (χ1v) is 11.1. The number of hydrogen-bond donors (Lipinski definition) is 2. The molecule has 1 amide bonds. The maximum atomic E-state index is 12.7. The monoisotopic (exact) mass is 429 g/mol. The van der Waals surface area contributed by atoms with E-state index in [1.807, 2.05) is 41.2 Å². The van der Waals surface area contributed by atoms with Gasteiger partial charge in [0.2, 0.25) is 10.0 Å². The van der Waals surface area contributed by atoms with Gasteiger partial charge in [-0.2, -0.15) is 9.40 Å². The van der Waals surface area contributed by atoms with Crippen LogP contribution in [-0.2, 0) is 27.8 Å². The Bertz CT molecular complexity index is 1080. The van der Waals surface area contributed by atoms with Gasteiger partial charge in [-0.15, -0.1) is 0 Å². The average Bonchev–Trinajstić information content (AvgIpc) is 3.46. The van der Waals surface area contributed by atoms with Crippen molar-refractivity contribution in [1.29, 1.82) is 0 Å². The summed E-state index contributed by atoms with van der Waals surface area (Å²) in [5.41, 5.74) is 2.26. The predicted octanol–water partition coefficient (Wildman–Crippen LogP) is 1.21. The van der Waals surface area contributed by atoms with Gasteiger partial charge >= 0.3 is 0 Å². The summed E-state index contributed by atoms with van der Waals surface area (Å²) in [6.45, 7) is 2.39. The first kappa shape index (κ1) is 20.3. The van der Waals surface area contributed by atoms with Gasteiger partial charge in [-0.05, 0) is 23.3 Å². The second-order valence-corrected chi connectivity index (χ2v) is 8.91. The molecule has 9 nitrogen and oxygen atoms in total. The van der Waals surface area contributed by atoms with E-state index in [4.69, 9.17) is 4.74 Å². The summed E-state index contributed by atoms with van der Waals surface area (Å²) in [4.78, 5) is 15.3. The van der Waals surface area contributed by atoms with Crippen LogP contribution in [-0.4, -0.2) is 59.7 Å². The molecule has 2 aromatic heterocycles. The topological polar surface area (TPSA) is 109 Å². The minimum atomic E-state index is -3.63. The van der Waals surface area contributed by atoms with Crippen LogP contribution in [0, 0.1) is 0 Å². The number of carbonyl (C=O) groups is 1. The third-order valence-corrected chi connectivity index (χ3v) is 6.77. The number of carbonyl (C=O) groups excluding carboxylic acids is 1. The minimum absolute atomic E-state index is 0.0810. The maximum Gasteiger partial charge on any atom is 0.268 e. The van der Waals surface area contributed by atoms with Gasteiger partial charge in [-0.3, -0.25) is 9.48 Å². The highest BCUT2D eigenvalue weighted by molar-refractivity contribution is 7.89. The van der Waals surface area contributed by atoms with Gasteiger partial charge in [-0.1, -0.05) is 24.3 Å². The van der Waals surface area contributed by atoms with Crippen LogP contribution in [0.2, 0.25) is 0 Å². The summed E-state index contributed by atoms with van der Waals surface area (Å²) in [5.74, 6) is -0.362. The quantitative estimate of drug-likeness (QED) is 0.587. The molecular weight excluding hydrogens is 406 g/mol. The molecule has 1 aliphatic rings. The Hall–Kier alpha value is -2.95. The molecule has 30 heavy (non-hydrogen) atoms. The number of hydrogen-bond acceptors (Lipinski definition) is 5. The van der Waals surface area contributed by atoms with Crippen molar-refractivity contribution in [3.05, 3.63) is 71.8 Å². The Morgan fingerprint density at radius 3 is 2.60 bits per heavy atom. The fourth-order valence-electron chi connectivity index (χ4n) is 3.21. The number of nitrogens with one attached hydrogen (secondary N) is 2. The molecule has 1 aromatic carbocycles. The largest absolute Gasteiger partial charge is 0.379 e. The lowest BCUT2D eigenvalue weighted by Crippen LogP contribution is -2.40. The Kier molecular flexibility index (Phi) is 5.98. The Morgan fingerprint density at radius 2 is 1.90 bits per heavy atom. The molecule has 0 spiro atoms. The summed E-state index contributed by atoms with van der Waals surface area (Å²) in [5, 5.41) is 6.99. The van der Waals surface area contributed by atoms with E-state index in [9.17, 15) is 13.2 Å². The Labute approximate surface area is 174 Å². The lowest BCUT2D eigenvalue weighted by atomic mass is 10.1. The van der Waals surface area contributed by atoms with Gasteiger partial charge in [0.25, 0.3) is 5.91 Å². The average molecular weight is 430 g/mol. The van der Waals surface area contributed by atoms with Crippen LogP contribution in [0.1, 0.15) is 21.6 Å². The summed E-state index contributed by atoms with van der Waals surface area (Å²) in [7, 11) is -3.63. The standard InChI is InChI=1S/C20H23N5O4S/c26-20(19-12-18(14-21-19)30(27,28)25-8-10-29-11-9-25)22-13-16-2-4-17(5-3-16)15-24-7-1-6-23-24/h1-7,12,14,21H,8-11,13,15H2,(H,22,26). The molecule has 0 saturated carbocycles. The lowest BCUT2D eigenvalue weighted by molar-refractivity contribution is 0.0730. The number of morpholine rings is 1. The number of rotatable bonds is 7. The van der Waals surface area contributed by atoms with Crippen molar-refractivity contribution in [1.82, 2.24) is 24.4 Å². The van der Waals surface area contributed by atoms with Crippen molar-refractivity contribution in [3.63, 3.8) is 0 Å². The highest BCUT2D eigenvalue weighted by atomic mass is 32.2. The summed E-state index contributed by atoms with van der Waals surface area (Å²) < 4.78 is 33.7. The molecule has 3 aromatic rings. The SMILES string of the molecule is O=C(NCc1ccc(Cn2cccn2)cc1)c1cc(S(=O)(=O)N2CCOCC2)c[nH]1. The van der Waals surface area contributed by atoms with Crippen LogP contribution in [0.15, 0.2) is 59.9 Å². The third kappa shape index (κ3) is 4.61. The fraction of sp³-hybridized carbons (Fsp3) is 0.300. The van der Waals surface area contributed by atoms with Crippen molar-refractivity contribution in [3.8, 4) is 0 Å². The highest BCUT2D eigenvalue weighted by Crippen LogP contribution is 2.18. The van der Waals surface area contributed by atoms with E-state index in [1.165, 1.54) is 16.6 Å². The number of aromatic amines is 1. The molecule has 158 valence electrons. The number of H-pyrrole nitrogens is 1. The van der Waals surface area contributed by atoms with Crippen molar-refractivity contribution in [2.75, 3.05) is 26.3 Å². The van der Waals surface area contributed by atoms with E-state index >= 15 is 0 Å². The third-order valence-electron chi connectivity index (χ3n) is 4.89. The van der Waals surface area contributed by atoms with Crippen LogP contribution in [0.3, 0.4) is 0 Å². The molecule has 0 bridgehead atoms. The molecule has 0 atom stereocenters. The smallest absolute Gasteiger partial charge is 0.268 e. The van der Waals surface area contributed by atoms with Crippen LogP contribution in [0.5, 0.6) is 0 Å². The number of benzene rings is 1. The summed E-state index contributed by atoms with van der Waals surface area (Å²) >= 11 is 0. The van der Waals surface area contributed by atoms with E-state index in [0.29, 0.717) is 39.4 Å². The molecule has 2 N–H and O–H groups in total. The molecule has 1 saturated heterocycles. The molecule has 1 aliphatic heterocycles. The second kappa shape index (κ2) is 8.82. The van der Waals surface area contributed by atoms with Gasteiger partial charge in [0, 0.05) is 38.2 Å². The van der Waals surface area contributed by atoms with Crippen LogP contribution in [0.4, 0.5) is 0 Å². The number of nitrogens with zero attached hydrogens (tertiary/aromatic N) is 3. The zero-order valence-corrected chi connectivity index (χ0v) is 17.1. The predicted molar refractivity (Wildman–Crippen MR) is 109 cm³/mol. The summed E-state index contributed by atoms with van der Waals surface area (Å²) in [6, 6.07) is 11.1. The maximum absolute atomic E-state index is 12.7. The van der Waals surface area contributed by atoms with Crippen molar-refractivity contribution >= 4 is 15.9 Å². The summed E-state index contributed by atoms with van der Waals surface area (Å²) in [6.07, 6.45) is 4.99. The Balaban J connectivity index is 1.34. The van der Waals surface area contributed by atoms with Gasteiger partial charge in [0.15, 0.2) is 0 Å². The van der Waals surface area contributed by atoms with Crippen molar-refractivity contribution in [2.24, 2.45) is 0 Å². The van der Waals surface area contributed by atoms with Crippen molar-refractivity contribution in [2.45, 2.75) is 18.0 Å². The van der Waals surface area contributed by atoms with Gasteiger partial charge in [0.05, 0.1) is 19.8 Å². The number of aromatic nitrogens is 3. The van der Waals surface area contributed by atoms with Gasteiger partial charge in [-0.25, -0.2) is 8.42 Å². The minimum Gasteiger partial charge on any atom is -0.379 e. The first-order valence-electron chi connectivity index (χ1n) is 9.62. The molecular formula is C20H23N5O4S. The van der Waals surface area contributed by atoms with Gasteiger partial charge in [0.1, 0.15) is 10.6 Å². The van der Waals surface area contributed by atoms with E-state index in [-0.39, 0.29) is 16.5 Å². The lowest BCUT2D eigenvalue weighted by Gasteiger charge is -2.25. The molecule has 1 fully saturated rings. The number of sulfonamides is 1. The molecule has 3 heterocycles. The Morgan fingerprint density at radius 1 is 1.17 bits per heavy atom. The molecule has 4 rings (SSSR count). The number of ether oxygens (including phenoxy) is 1. The zero-order chi connectivity index (χ0) is 21.0. The normalized spacial score (nSPS) is 15.2. The van der Waals surface area contributed by atoms with Crippen LogP contribution >= 0.6 is 0 Å². The van der Waals surface area contributed by atoms with Crippen LogP contribution in [0.25, 0.3) is 0 Å². The highest BCUT2D eigenvalue weighted by Gasteiger charge is 2.27. The molecule has 0 unspecified atom stereocenters. The molecule has 0 aliphatic carbocycles. The van der Waals surface area contributed by atoms with Gasteiger partial charge < -0.3 is 15.0 Å². The van der Waals surface area contributed by atoms with Crippen molar-refractivity contribution < 1.29 is 17.9 Å². The van der Waals surface area contributed by atoms with E-state index in [0.717, 1.165) is 11.1 Å². The van der Waals surface area contributed by atoms with E-state index in [2.05, 4.69) is 15.4 Å². The first-order chi connectivity index (χ1) is 14.5. The second-order valence-electron chi connectivity index (χ2n) is 6.97. The van der Waals surface area contributed by atoms with E-state index < -0.39 is 10.0 Å². The van der Waals surface area contributed by atoms with E-state index in [1.54, 1.807) is 6.20 Å².